The molecule has 1 aromatic carbocycles. The van der Waals surface area contributed by atoms with Gasteiger partial charge in [-0.25, -0.2) is 13.6 Å². The van der Waals surface area contributed by atoms with E-state index in [1.54, 1.807) is 18.2 Å². The predicted molar refractivity (Wildman–Crippen MR) is 66.1 cm³/mol. The van der Waals surface area contributed by atoms with Gasteiger partial charge in [0, 0.05) is 13.2 Å². The maximum Gasteiger partial charge on any atom is 0.347 e. The molecule has 7 heteroatoms. The number of rotatable bonds is 4. The Hall–Kier alpha value is -2.44. The number of methoxy groups -OCH3 is 1. The molecule has 0 aliphatic heterocycles. The fourth-order valence-electron chi connectivity index (χ4n) is 1.68. The molecule has 1 aromatic heterocycles. The number of aromatic nitrogens is 2. The maximum atomic E-state index is 12.8. The quantitative estimate of drug-likeness (QED) is 0.639. The first-order valence-corrected chi connectivity index (χ1v) is 5.69. The number of benzene rings is 1. The summed E-state index contributed by atoms with van der Waals surface area (Å²) in [5.41, 5.74) is -0.874. The number of carbonyl (C=O) groups is 1. The number of alkyl halides is 2. The van der Waals surface area contributed by atoms with Crippen LogP contribution in [0.2, 0.25) is 0 Å². The summed E-state index contributed by atoms with van der Waals surface area (Å²) in [6, 6.07) is 6.45. The van der Waals surface area contributed by atoms with Crippen LogP contribution in [-0.2, 0) is 7.05 Å². The number of para-hydroxylation sites is 2. The lowest BCUT2D eigenvalue weighted by Gasteiger charge is -2.08. The molecule has 0 saturated heterocycles. The van der Waals surface area contributed by atoms with E-state index < -0.39 is 18.1 Å². The van der Waals surface area contributed by atoms with E-state index in [0.29, 0.717) is 5.75 Å². The Balaban J connectivity index is 2.28. The lowest BCUT2D eigenvalue weighted by Crippen LogP contribution is -2.11. The minimum atomic E-state index is -2.85. The van der Waals surface area contributed by atoms with E-state index in [-0.39, 0.29) is 11.3 Å². The average Bonchev–Trinajstić information content (AvgIpc) is 2.82. The van der Waals surface area contributed by atoms with Gasteiger partial charge >= 0.3 is 5.97 Å². The van der Waals surface area contributed by atoms with Crippen molar-refractivity contribution in [2.75, 3.05) is 7.11 Å². The summed E-state index contributed by atoms with van der Waals surface area (Å²) in [7, 11) is 2.87. The van der Waals surface area contributed by atoms with Gasteiger partial charge < -0.3 is 9.47 Å². The fourth-order valence-corrected chi connectivity index (χ4v) is 1.68. The second-order valence-electron chi connectivity index (χ2n) is 3.94. The number of nitrogens with zero attached hydrogens (tertiary/aromatic N) is 2. The highest BCUT2D eigenvalue weighted by atomic mass is 19.3. The van der Waals surface area contributed by atoms with Crippen LogP contribution < -0.4 is 9.47 Å². The van der Waals surface area contributed by atoms with Crippen LogP contribution in [0, 0.1) is 0 Å². The van der Waals surface area contributed by atoms with E-state index in [2.05, 4.69) is 5.10 Å². The molecule has 0 aliphatic carbocycles. The lowest BCUT2D eigenvalue weighted by atomic mass is 10.2. The fraction of sp³-hybridized carbons (Fsp3) is 0.231. The molecule has 0 N–H and O–H groups in total. The zero-order valence-electron chi connectivity index (χ0n) is 10.8. The third-order valence-electron chi connectivity index (χ3n) is 2.56. The van der Waals surface area contributed by atoms with Gasteiger partial charge in [-0.2, -0.15) is 5.10 Å². The highest BCUT2D eigenvalue weighted by molar-refractivity contribution is 5.92. The lowest BCUT2D eigenvalue weighted by molar-refractivity contribution is 0.0717. The van der Waals surface area contributed by atoms with Crippen LogP contribution in [0.15, 0.2) is 30.5 Å². The number of hydrogen-bond donors (Lipinski definition) is 0. The van der Waals surface area contributed by atoms with Crippen molar-refractivity contribution in [3.8, 4) is 11.5 Å². The second kappa shape index (κ2) is 5.68. The molecule has 0 bridgehead atoms. The summed E-state index contributed by atoms with van der Waals surface area (Å²) in [6.07, 6.45) is -1.66. The standard InChI is InChI=1S/C13H12F2N2O3/c1-17-7-8(11(16-17)12(14)15)13(18)20-10-6-4-3-5-9(10)19-2/h3-7,12H,1-2H3. The molecule has 1 heterocycles. The van der Waals surface area contributed by atoms with E-state index in [1.807, 2.05) is 0 Å². The van der Waals surface area contributed by atoms with E-state index in [1.165, 1.54) is 26.4 Å². The third kappa shape index (κ3) is 2.76. The Morgan fingerprint density at radius 1 is 1.30 bits per heavy atom. The topological polar surface area (TPSA) is 53.4 Å². The maximum absolute atomic E-state index is 12.8. The Labute approximate surface area is 113 Å². The summed E-state index contributed by atoms with van der Waals surface area (Å²) < 4.78 is 36.8. The average molecular weight is 282 g/mol. The molecule has 0 spiro atoms. The van der Waals surface area contributed by atoms with Crippen molar-refractivity contribution in [3.63, 3.8) is 0 Å². The minimum absolute atomic E-state index is 0.157. The molecule has 5 nitrogen and oxygen atoms in total. The molecule has 0 atom stereocenters. The Bertz CT molecular complexity index is 626. The molecule has 0 aliphatic rings. The number of carbonyl (C=O) groups excluding carboxylic acids is 1. The zero-order valence-corrected chi connectivity index (χ0v) is 10.8. The molecule has 2 rings (SSSR count). The first kappa shape index (κ1) is 14.0. The third-order valence-corrected chi connectivity index (χ3v) is 2.56. The number of halogens is 2. The zero-order chi connectivity index (χ0) is 14.7. The molecular weight excluding hydrogens is 270 g/mol. The van der Waals surface area contributed by atoms with Crippen molar-refractivity contribution in [2.45, 2.75) is 6.43 Å². The molecule has 0 amide bonds. The van der Waals surface area contributed by atoms with Crippen molar-refractivity contribution < 1.29 is 23.0 Å². The monoisotopic (exact) mass is 282 g/mol. The summed E-state index contributed by atoms with van der Waals surface area (Å²) in [4.78, 5) is 12.0. The second-order valence-corrected chi connectivity index (χ2v) is 3.94. The van der Waals surface area contributed by atoms with Crippen molar-refractivity contribution in [3.05, 3.63) is 41.7 Å². The normalized spacial score (nSPS) is 10.7. The number of hydrogen-bond acceptors (Lipinski definition) is 4. The van der Waals surface area contributed by atoms with Crippen LogP contribution >= 0.6 is 0 Å². The molecular formula is C13H12F2N2O3. The van der Waals surface area contributed by atoms with Gasteiger partial charge in [0.05, 0.1) is 7.11 Å². The van der Waals surface area contributed by atoms with Crippen LogP contribution in [0.25, 0.3) is 0 Å². The van der Waals surface area contributed by atoms with Gasteiger partial charge in [-0.3, -0.25) is 4.68 Å². The minimum Gasteiger partial charge on any atom is -0.493 e. The van der Waals surface area contributed by atoms with Crippen molar-refractivity contribution in [1.82, 2.24) is 9.78 Å². The molecule has 0 radical (unpaired) electrons. The van der Waals surface area contributed by atoms with E-state index in [4.69, 9.17) is 9.47 Å². The van der Waals surface area contributed by atoms with Crippen LogP contribution in [-0.4, -0.2) is 22.9 Å². The molecule has 20 heavy (non-hydrogen) atoms. The Morgan fingerprint density at radius 3 is 2.55 bits per heavy atom. The highest BCUT2D eigenvalue weighted by Gasteiger charge is 2.24. The van der Waals surface area contributed by atoms with Crippen LogP contribution in [0.5, 0.6) is 11.5 Å². The predicted octanol–water partition coefficient (Wildman–Crippen LogP) is 2.59. The van der Waals surface area contributed by atoms with Crippen molar-refractivity contribution >= 4 is 5.97 Å². The van der Waals surface area contributed by atoms with Gasteiger partial charge in [-0.15, -0.1) is 0 Å². The van der Waals surface area contributed by atoms with Crippen LogP contribution in [0.4, 0.5) is 8.78 Å². The molecule has 0 fully saturated rings. The summed E-state index contributed by atoms with van der Waals surface area (Å²) >= 11 is 0. The van der Waals surface area contributed by atoms with Gasteiger partial charge in [0.25, 0.3) is 6.43 Å². The summed E-state index contributed by atoms with van der Waals surface area (Å²) in [5.74, 6) is -0.412. The van der Waals surface area contributed by atoms with E-state index >= 15 is 0 Å². The van der Waals surface area contributed by atoms with Gasteiger partial charge in [0.15, 0.2) is 11.5 Å². The van der Waals surface area contributed by atoms with Crippen LogP contribution in [0.3, 0.4) is 0 Å². The largest absolute Gasteiger partial charge is 0.493 e. The molecule has 0 unspecified atom stereocenters. The van der Waals surface area contributed by atoms with E-state index in [9.17, 15) is 13.6 Å². The summed E-state index contributed by atoms with van der Waals surface area (Å²) in [5, 5.41) is 3.55. The van der Waals surface area contributed by atoms with Gasteiger partial charge in [0.1, 0.15) is 11.3 Å². The summed E-state index contributed by atoms with van der Waals surface area (Å²) in [6.45, 7) is 0. The van der Waals surface area contributed by atoms with Gasteiger partial charge in [-0.1, -0.05) is 12.1 Å². The smallest absolute Gasteiger partial charge is 0.347 e. The Kier molecular flexibility index (Phi) is 3.97. The van der Waals surface area contributed by atoms with Gasteiger partial charge in [-0.05, 0) is 12.1 Å². The first-order valence-electron chi connectivity index (χ1n) is 5.69. The number of aryl methyl sites for hydroxylation is 1. The Morgan fingerprint density at radius 2 is 1.95 bits per heavy atom. The molecule has 0 saturated carbocycles. The molecule has 2 aromatic rings. The molecule has 106 valence electrons. The van der Waals surface area contributed by atoms with Crippen LogP contribution in [0.1, 0.15) is 22.5 Å². The number of ether oxygens (including phenoxy) is 2. The number of esters is 1. The van der Waals surface area contributed by atoms with Crippen molar-refractivity contribution in [2.24, 2.45) is 7.05 Å². The van der Waals surface area contributed by atoms with E-state index in [0.717, 1.165) is 4.68 Å². The van der Waals surface area contributed by atoms with Gasteiger partial charge in [0.2, 0.25) is 0 Å². The first-order chi connectivity index (χ1) is 9.52. The van der Waals surface area contributed by atoms with Crippen molar-refractivity contribution in [1.29, 1.82) is 0 Å². The SMILES string of the molecule is COc1ccccc1OC(=O)c1cn(C)nc1C(F)F. The highest BCUT2D eigenvalue weighted by Crippen LogP contribution is 2.28.